The van der Waals surface area contributed by atoms with Gasteiger partial charge in [0.25, 0.3) is 17.7 Å². The van der Waals surface area contributed by atoms with Crippen molar-refractivity contribution in [3.8, 4) is 0 Å². The van der Waals surface area contributed by atoms with Crippen LogP contribution in [0.25, 0.3) is 0 Å². The molecule has 0 bridgehead atoms. The predicted molar refractivity (Wildman–Crippen MR) is 112 cm³/mol. The summed E-state index contributed by atoms with van der Waals surface area (Å²) < 4.78 is 5.07. The molecular formula is C23H21N3O5. The first-order valence-corrected chi connectivity index (χ1v) is 9.57. The van der Waals surface area contributed by atoms with Crippen molar-refractivity contribution in [3.63, 3.8) is 0 Å². The lowest BCUT2D eigenvalue weighted by Gasteiger charge is -2.18. The van der Waals surface area contributed by atoms with Crippen LogP contribution in [0.15, 0.2) is 79.0 Å². The zero-order valence-corrected chi connectivity index (χ0v) is 16.5. The van der Waals surface area contributed by atoms with Gasteiger partial charge in [-0.1, -0.05) is 48.5 Å². The van der Waals surface area contributed by atoms with Gasteiger partial charge in [-0.3, -0.25) is 19.7 Å². The van der Waals surface area contributed by atoms with Crippen LogP contribution in [0.2, 0.25) is 0 Å². The number of benzene rings is 2. The highest BCUT2D eigenvalue weighted by Crippen LogP contribution is 2.07. The quantitative estimate of drug-likeness (QED) is 0.482. The Morgan fingerprint density at radius 2 is 1.52 bits per heavy atom. The molecule has 31 heavy (non-hydrogen) atoms. The van der Waals surface area contributed by atoms with E-state index in [1.165, 1.54) is 6.07 Å². The van der Waals surface area contributed by atoms with E-state index in [0.717, 1.165) is 5.56 Å². The Balaban J connectivity index is 1.61. The van der Waals surface area contributed by atoms with Gasteiger partial charge < -0.3 is 15.0 Å². The second-order valence-corrected chi connectivity index (χ2v) is 6.65. The van der Waals surface area contributed by atoms with Gasteiger partial charge in [-0.25, -0.2) is 4.79 Å². The summed E-state index contributed by atoms with van der Waals surface area (Å²) >= 11 is 0. The van der Waals surface area contributed by atoms with Gasteiger partial charge in [0, 0.05) is 18.2 Å². The number of amides is 3. The van der Waals surface area contributed by atoms with E-state index in [4.69, 9.17) is 4.74 Å². The van der Waals surface area contributed by atoms with Gasteiger partial charge in [0.05, 0.1) is 0 Å². The number of esters is 1. The molecule has 8 nitrogen and oxygen atoms in total. The second kappa shape index (κ2) is 10.5. The number of carbonyl (C=O) groups is 4. The fourth-order valence-electron chi connectivity index (χ4n) is 2.81. The average Bonchev–Trinajstić information content (AvgIpc) is 3.33. The minimum Gasteiger partial charge on any atom is -0.454 e. The molecule has 8 heteroatoms. The van der Waals surface area contributed by atoms with Gasteiger partial charge in [0.2, 0.25) is 0 Å². The molecule has 1 heterocycles. The molecule has 3 amide bonds. The Kier molecular flexibility index (Phi) is 7.31. The molecule has 158 valence electrons. The maximum Gasteiger partial charge on any atom is 0.329 e. The Hall–Kier alpha value is -4.20. The maximum absolute atomic E-state index is 12.6. The first-order valence-electron chi connectivity index (χ1n) is 9.57. The molecule has 0 saturated heterocycles. The monoisotopic (exact) mass is 419 g/mol. The van der Waals surface area contributed by atoms with Crippen molar-refractivity contribution in [3.05, 3.63) is 95.8 Å². The number of nitrogens with one attached hydrogen (secondary N) is 3. The summed E-state index contributed by atoms with van der Waals surface area (Å²) in [6.45, 7) is -0.655. The smallest absolute Gasteiger partial charge is 0.329 e. The number of hydrogen-bond acceptors (Lipinski definition) is 5. The summed E-state index contributed by atoms with van der Waals surface area (Å²) in [5.41, 5.74) is 1.41. The molecule has 0 saturated carbocycles. The summed E-state index contributed by atoms with van der Waals surface area (Å²) in [5.74, 6) is -2.63. The van der Waals surface area contributed by atoms with Crippen LogP contribution in [0.5, 0.6) is 0 Å². The van der Waals surface area contributed by atoms with E-state index in [1.54, 1.807) is 42.6 Å². The van der Waals surface area contributed by atoms with Gasteiger partial charge in [-0.05, 0) is 29.8 Å². The standard InChI is InChI=1S/C23H21N3O5/c27-20(26-22(29)18-12-7-13-24-18)15-31-23(30)19(14-16-8-3-1-4-9-16)25-21(28)17-10-5-2-6-11-17/h1-13,19,24H,14-15H2,(H,25,28)(H,26,27,29)/t19-/m1/s1. The Bertz CT molecular complexity index is 1030. The third-order valence-electron chi connectivity index (χ3n) is 4.35. The average molecular weight is 419 g/mol. The van der Waals surface area contributed by atoms with Crippen molar-refractivity contribution in [2.45, 2.75) is 12.5 Å². The van der Waals surface area contributed by atoms with Crippen molar-refractivity contribution in [2.75, 3.05) is 6.61 Å². The number of aromatic nitrogens is 1. The molecule has 3 rings (SSSR count). The minimum absolute atomic E-state index is 0.182. The fraction of sp³-hybridized carbons (Fsp3) is 0.130. The van der Waals surface area contributed by atoms with Crippen LogP contribution < -0.4 is 10.6 Å². The second-order valence-electron chi connectivity index (χ2n) is 6.65. The van der Waals surface area contributed by atoms with Crippen LogP contribution in [-0.4, -0.2) is 41.3 Å². The number of ether oxygens (including phenoxy) is 1. The lowest BCUT2D eigenvalue weighted by molar-refractivity contribution is -0.150. The van der Waals surface area contributed by atoms with E-state index in [1.807, 2.05) is 30.3 Å². The van der Waals surface area contributed by atoms with E-state index >= 15 is 0 Å². The summed E-state index contributed by atoms with van der Waals surface area (Å²) in [6.07, 6.45) is 1.73. The Labute approximate surface area is 178 Å². The first-order chi connectivity index (χ1) is 15.0. The number of imide groups is 1. The molecule has 0 aliphatic carbocycles. The van der Waals surface area contributed by atoms with Gasteiger partial charge in [0.15, 0.2) is 6.61 Å². The lowest BCUT2D eigenvalue weighted by atomic mass is 10.1. The van der Waals surface area contributed by atoms with E-state index in [2.05, 4.69) is 15.6 Å². The van der Waals surface area contributed by atoms with Crippen LogP contribution in [0.1, 0.15) is 26.4 Å². The number of carbonyl (C=O) groups excluding carboxylic acids is 4. The topological polar surface area (TPSA) is 117 Å². The number of H-pyrrole nitrogens is 1. The molecule has 1 atom stereocenters. The van der Waals surface area contributed by atoms with Crippen LogP contribution in [0.4, 0.5) is 0 Å². The predicted octanol–water partition coefficient (Wildman–Crippen LogP) is 1.86. The summed E-state index contributed by atoms with van der Waals surface area (Å²) in [7, 11) is 0. The molecule has 1 aromatic heterocycles. The molecule has 3 N–H and O–H groups in total. The highest BCUT2D eigenvalue weighted by Gasteiger charge is 2.24. The van der Waals surface area contributed by atoms with Gasteiger partial charge in [-0.2, -0.15) is 0 Å². The molecule has 3 aromatic rings. The van der Waals surface area contributed by atoms with Crippen molar-refractivity contribution < 1.29 is 23.9 Å². The van der Waals surface area contributed by atoms with Gasteiger partial charge in [0.1, 0.15) is 11.7 Å². The molecule has 0 aliphatic rings. The molecule has 0 spiro atoms. The maximum atomic E-state index is 12.6. The number of aromatic amines is 1. The first kappa shape index (κ1) is 21.5. The summed E-state index contributed by atoms with van der Waals surface area (Å²) in [5, 5.41) is 4.77. The Morgan fingerprint density at radius 1 is 0.839 bits per heavy atom. The van der Waals surface area contributed by atoms with Crippen LogP contribution in [0, 0.1) is 0 Å². The molecular weight excluding hydrogens is 398 g/mol. The largest absolute Gasteiger partial charge is 0.454 e. The number of rotatable bonds is 8. The zero-order valence-electron chi connectivity index (χ0n) is 16.5. The van der Waals surface area contributed by atoms with Crippen molar-refractivity contribution in [1.82, 2.24) is 15.6 Å². The molecule has 2 aromatic carbocycles. The van der Waals surface area contributed by atoms with E-state index in [9.17, 15) is 19.2 Å². The normalized spacial score (nSPS) is 11.2. The van der Waals surface area contributed by atoms with Crippen molar-refractivity contribution in [1.29, 1.82) is 0 Å². The van der Waals surface area contributed by atoms with Crippen LogP contribution in [0.3, 0.4) is 0 Å². The Morgan fingerprint density at radius 3 is 2.16 bits per heavy atom. The van der Waals surface area contributed by atoms with E-state index < -0.39 is 36.3 Å². The fourth-order valence-corrected chi connectivity index (χ4v) is 2.81. The third-order valence-corrected chi connectivity index (χ3v) is 4.35. The van der Waals surface area contributed by atoms with Gasteiger partial charge >= 0.3 is 5.97 Å². The highest BCUT2D eigenvalue weighted by molar-refractivity contribution is 6.04. The number of hydrogen-bond donors (Lipinski definition) is 3. The summed E-state index contributed by atoms with van der Waals surface area (Å²) in [4.78, 5) is 51.7. The zero-order chi connectivity index (χ0) is 22.1. The van der Waals surface area contributed by atoms with Gasteiger partial charge in [-0.15, -0.1) is 0 Å². The van der Waals surface area contributed by atoms with E-state index in [-0.39, 0.29) is 12.1 Å². The minimum atomic E-state index is -1.01. The molecule has 0 fully saturated rings. The third kappa shape index (κ3) is 6.40. The lowest BCUT2D eigenvalue weighted by Crippen LogP contribution is -2.44. The van der Waals surface area contributed by atoms with Crippen molar-refractivity contribution in [2.24, 2.45) is 0 Å². The summed E-state index contributed by atoms with van der Waals surface area (Å²) in [6, 6.07) is 19.7. The molecule has 0 aliphatic heterocycles. The molecule has 0 unspecified atom stereocenters. The van der Waals surface area contributed by atoms with Crippen LogP contribution in [-0.2, 0) is 20.7 Å². The van der Waals surface area contributed by atoms with Crippen molar-refractivity contribution >= 4 is 23.7 Å². The van der Waals surface area contributed by atoms with E-state index in [0.29, 0.717) is 5.56 Å². The van der Waals surface area contributed by atoms with Crippen LogP contribution >= 0.6 is 0 Å². The SMILES string of the molecule is O=C(COC(=O)[C@@H](Cc1ccccc1)NC(=O)c1ccccc1)NC(=O)c1ccc[nH]1. The molecule has 0 radical (unpaired) electrons. The highest BCUT2D eigenvalue weighted by atomic mass is 16.5.